The number of nitrogens with one attached hydrogen (secondary N) is 2. The van der Waals surface area contributed by atoms with Crippen molar-refractivity contribution in [1.82, 2.24) is 0 Å². The summed E-state index contributed by atoms with van der Waals surface area (Å²) in [5, 5.41) is 19.6. The van der Waals surface area contributed by atoms with Crippen molar-refractivity contribution in [1.29, 1.82) is 0 Å². The van der Waals surface area contributed by atoms with Crippen molar-refractivity contribution in [2.45, 2.75) is 6.92 Å². The van der Waals surface area contributed by atoms with Gasteiger partial charge in [0.1, 0.15) is 0 Å². The van der Waals surface area contributed by atoms with Crippen molar-refractivity contribution in [3.63, 3.8) is 0 Å². The number of rotatable bonds is 8. The van der Waals surface area contributed by atoms with Crippen LogP contribution in [0.4, 0.5) is 22.7 Å². The van der Waals surface area contributed by atoms with Gasteiger partial charge in [-0.05, 0) is 43.3 Å². The summed E-state index contributed by atoms with van der Waals surface area (Å²) < 4.78 is 0. The zero-order valence-corrected chi connectivity index (χ0v) is 12.9. The first-order valence-corrected chi connectivity index (χ1v) is 7.36. The molecule has 0 aliphatic carbocycles. The third-order valence-electron chi connectivity index (χ3n) is 3.41. The maximum Gasteiger partial charge on any atom is 0.269 e. The van der Waals surface area contributed by atoms with E-state index in [0.29, 0.717) is 6.54 Å². The molecule has 0 aliphatic rings. The maximum absolute atomic E-state index is 10.6. The Bertz CT molecular complexity index is 629. The van der Waals surface area contributed by atoms with E-state index in [0.717, 1.165) is 23.6 Å². The van der Waals surface area contributed by atoms with Gasteiger partial charge in [0.25, 0.3) is 5.69 Å². The molecule has 2 rings (SSSR count). The van der Waals surface area contributed by atoms with E-state index in [1.54, 1.807) is 12.1 Å². The molecule has 0 heterocycles. The van der Waals surface area contributed by atoms with Crippen LogP contribution in [0.25, 0.3) is 0 Å². The Morgan fingerprint density at radius 1 is 1.04 bits per heavy atom. The monoisotopic (exact) mass is 316 g/mol. The summed E-state index contributed by atoms with van der Waals surface area (Å²) in [5.74, 6) is 0. The fourth-order valence-corrected chi connectivity index (χ4v) is 2.16. The van der Waals surface area contributed by atoms with E-state index in [-0.39, 0.29) is 12.3 Å². The highest BCUT2D eigenvalue weighted by Gasteiger charge is 2.04. The van der Waals surface area contributed by atoms with Gasteiger partial charge in [0.2, 0.25) is 0 Å². The van der Waals surface area contributed by atoms with Gasteiger partial charge in [0, 0.05) is 30.9 Å². The summed E-state index contributed by atoms with van der Waals surface area (Å²) in [5.41, 5.74) is 8.73. The van der Waals surface area contributed by atoms with Crippen LogP contribution in [0.5, 0.6) is 0 Å². The molecule has 0 unspecified atom stereocenters. The first-order valence-electron chi connectivity index (χ1n) is 7.36. The molecule has 0 bridgehead atoms. The average molecular weight is 316 g/mol. The SMILES string of the molecule is CCN(CCO)c1ccc(NNc2ccc([N+](=O)[O-])cc2)cc1. The van der Waals surface area contributed by atoms with Crippen LogP contribution < -0.4 is 15.8 Å². The zero-order chi connectivity index (χ0) is 16.7. The van der Waals surface area contributed by atoms with Crippen molar-refractivity contribution >= 4 is 22.7 Å². The van der Waals surface area contributed by atoms with Gasteiger partial charge < -0.3 is 20.9 Å². The molecule has 2 aromatic rings. The number of benzene rings is 2. The molecule has 23 heavy (non-hydrogen) atoms. The molecule has 0 saturated carbocycles. The summed E-state index contributed by atoms with van der Waals surface area (Å²) in [6, 6.07) is 14.0. The Balaban J connectivity index is 1.94. The van der Waals surface area contributed by atoms with E-state index in [1.807, 2.05) is 31.2 Å². The van der Waals surface area contributed by atoms with E-state index < -0.39 is 4.92 Å². The molecule has 0 atom stereocenters. The van der Waals surface area contributed by atoms with E-state index in [9.17, 15) is 10.1 Å². The number of likely N-dealkylation sites (N-methyl/N-ethyl adjacent to an activating group) is 1. The minimum Gasteiger partial charge on any atom is -0.395 e. The minimum absolute atomic E-state index is 0.0587. The van der Waals surface area contributed by atoms with Crippen LogP contribution in [0.1, 0.15) is 6.92 Å². The summed E-state index contributed by atoms with van der Waals surface area (Å²) in [6.45, 7) is 3.59. The van der Waals surface area contributed by atoms with Gasteiger partial charge in [0.05, 0.1) is 22.9 Å². The predicted molar refractivity (Wildman–Crippen MR) is 91.8 cm³/mol. The quantitative estimate of drug-likeness (QED) is 0.512. The Morgan fingerprint density at radius 2 is 1.57 bits per heavy atom. The highest BCUT2D eigenvalue weighted by atomic mass is 16.6. The summed E-state index contributed by atoms with van der Waals surface area (Å²) in [4.78, 5) is 12.2. The molecular formula is C16H20N4O3. The van der Waals surface area contributed by atoms with Crippen LogP contribution in [-0.2, 0) is 0 Å². The first kappa shape index (κ1) is 16.6. The third-order valence-corrected chi connectivity index (χ3v) is 3.41. The molecule has 7 heteroatoms. The Labute approximate surface area is 134 Å². The van der Waals surface area contributed by atoms with Crippen molar-refractivity contribution in [2.75, 3.05) is 35.4 Å². The lowest BCUT2D eigenvalue weighted by Gasteiger charge is -2.22. The highest BCUT2D eigenvalue weighted by Crippen LogP contribution is 2.19. The highest BCUT2D eigenvalue weighted by molar-refractivity contribution is 5.58. The molecular weight excluding hydrogens is 296 g/mol. The molecule has 3 N–H and O–H groups in total. The second kappa shape index (κ2) is 8.00. The lowest BCUT2D eigenvalue weighted by Crippen LogP contribution is -2.26. The number of aliphatic hydroxyl groups excluding tert-OH is 1. The van der Waals surface area contributed by atoms with Crippen LogP contribution in [0.2, 0.25) is 0 Å². The minimum atomic E-state index is -0.429. The van der Waals surface area contributed by atoms with Crippen LogP contribution in [0, 0.1) is 10.1 Å². The number of nitro benzene ring substituents is 1. The fourth-order valence-electron chi connectivity index (χ4n) is 2.16. The normalized spacial score (nSPS) is 10.2. The van der Waals surface area contributed by atoms with Crippen molar-refractivity contribution in [2.24, 2.45) is 0 Å². The molecule has 0 amide bonds. The Hall–Kier alpha value is -2.80. The number of nitrogens with zero attached hydrogens (tertiary/aromatic N) is 2. The summed E-state index contributed by atoms with van der Waals surface area (Å²) in [7, 11) is 0. The molecule has 0 fully saturated rings. The predicted octanol–water partition coefficient (Wildman–Crippen LogP) is 2.85. The standard InChI is InChI=1S/C16H20N4O3/c1-2-19(11-12-21)15-7-3-13(4-8-15)17-18-14-5-9-16(10-6-14)20(22)23/h3-10,17-18,21H,2,11-12H2,1H3. The molecule has 0 saturated heterocycles. The number of aliphatic hydroxyl groups is 1. The Morgan fingerprint density at radius 3 is 2.00 bits per heavy atom. The topological polar surface area (TPSA) is 90.7 Å². The summed E-state index contributed by atoms with van der Waals surface area (Å²) in [6.07, 6.45) is 0. The number of hydrazine groups is 1. The van der Waals surface area contributed by atoms with Gasteiger partial charge in [0.15, 0.2) is 0 Å². The largest absolute Gasteiger partial charge is 0.395 e. The second-order valence-corrected chi connectivity index (χ2v) is 4.90. The van der Waals surface area contributed by atoms with Gasteiger partial charge in [-0.15, -0.1) is 0 Å². The molecule has 0 radical (unpaired) electrons. The van der Waals surface area contributed by atoms with E-state index in [2.05, 4.69) is 15.8 Å². The van der Waals surface area contributed by atoms with Crippen LogP contribution in [-0.4, -0.2) is 29.7 Å². The van der Waals surface area contributed by atoms with Gasteiger partial charge in [-0.2, -0.15) is 0 Å². The van der Waals surface area contributed by atoms with Crippen molar-refractivity contribution in [3.05, 3.63) is 58.6 Å². The summed E-state index contributed by atoms with van der Waals surface area (Å²) >= 11 is 0. The van der Waals surface area contributed by atoms with E-state index >= 15 is 0 Å². The van der Waals surface area contributed by atoms with Gasteiger partial charge >= 0.3 is 0 Å². The number of non-ortho nitro benzene ring substituents is 1. The van der Waals surface area contributed by atoms with Crippen molar-refractivity contribution in [3.8, 4) is 0 Å². The van der Waals surface area contributed by atoms with Crippen LogP contribution in [0.15, 0.2) is 48.5 Å². The van der Waals surface area contributed by atoms with Gasteiger partial charge in [-0.25, -0.2) is 0 Å². The lowest BCUT2D eigenvalue weighted by molar-refractivity contribution is -0.384. The average Bonchev–Trinajstić information content (AvgIpc) is 2.59. The maximum atomic E-state index is 10.6. The first-order chi connectivity index (χ1) is 11.1. The van der Waals surface area contributed by atoms with Crippen LogP contribution in [0.3, 0.4) is 0 Å². The molecule has 2 aromatic carbocycles. The lowest BCUT2D eigenvalue weighted by atomic mass is 10.2. The number of hydrogen-bond donors (Lipinski definition) is 3. The van der Waals surface area contributed by atoms with E-state index in [4.69, 9.17) is 5.11 Å². The van der Waals surface area contributed by atoms with Gasteiger partial charge in [-0.1, -0.05) is 0 Å². The molecule has 0 aromatic heterocycles. The number of nitro groups is 1. The smallest absolute Gasteiger partial charge is 0.269 e. The molecule has 0 aliphatic heterocycles. The van der Waals surface area contributed by atoms with Crippen LogP contribution >= 0.6 is 0 Å². The third kappa shape index (κ3) is 4.58. The molecule has 122 valence electrons. The number of anilines is 3. The van der Waals surface area contributed by atoms with Gasteiger partial charge in [-0.3, -0.25) is 10.1 Å². The van der Waals surface area contributed by atoms with Crippen molar-refractivity contribution < 1.29 is 10.0 Å². The fraction of sp³-hybridized carbons (Fsp3) is 0.250. The Kier molecular flexibility index (Phi) is 5.76. The zero-order valence-electron chi connectivity index (χ0n) is 12.9. The number of hydrogen-bond acceptors (Lipinski definition) is 6. The molecule has 0 spiro atoms. The van der Waals surface area contributed by atoms with E-state index in [1.165, 1.54) is 12.1 Å². The second-order valence-electron chi connectivity index (χ2n) is 4.90. The molecule has 7 nitrogen and oxygen atoms in total.